The molecule has 27 heavy (non-hydrogen) atoms. The van der Waals surface area contributed by atoms with Crippen molar-refractivity contribution in [2.24, 2.45) is 0 Å². The van der Waals surface area contributed by atoms with Gasteiger partial charge in [-0.15, -0.1) is 0 Å². The molecule has 0 bridgehead atoms. The Morgan fingerprint density at radius 1 is 0.889 bits per heavy atom. The monoisotopic (exact) mass is 463 g/mol. The minimum Gasteiger partial charge on any atom is -0.744 e. The molecule has 0 spiro atoms. The zero-order valence-electron chi connectivity index (χ0n) is 17.5. The maximum Gasteiger partial charge on any atom is 0.124 e. The Morgan fingerprint density at radius 2 is 1.33 bits per heavy atom. The van der Waals surface area contributed by atoms with Crippen LogP contribution in [-0.4, -0.2) is 49.5 Å². The predicted octanol–water partition coefficient (Wildman–Crippen LogP) is 5.50. The highest BCUT2D eigenvalue weighted by Gasteiger charge is 2.19. The smallest absolute Gasteiger partial charge is 0.124 e. The molecule has 0 aliphatic rings. The molecular weight excluding hydrogens is 426 g/mol. The van der Waals surface area contributed by atoms with E-state index in [0.717, 1.165) is 10.9 Å². The van der Waals surface area contributed by atoms with Gasteiger partial charge in [0.15, 0.2) is 0 Å². The molecule has 0 radical (unpaired) electrons. The normalized spacial score (nSPS) is 11.8. The van der Waals surface area contributed by atoms with Crippen molar-refractivity contribution >= 4 is 26.0 Å². The van der Waals surface area contributed by atoms with E-state index in [4.69, 9.17) is 0 Å². The number of halogens is 1. The molecule has 0 aliphatic carbocycles. The molecule has 1 rings (SSSR count). The van der Waals surface area contributed by atoms with Crippen molar-refractivity contribution in [2.45, 2.75) is 70.6 Å². The van der Waals surface area contributed by atoms with E-state index in [2.05, 4.69) is 36.8 Å². The number of rotatable bonds is 12. The second-order valence-electron chi connectivity index (χ2n) is 7.51. The molecule has 0 saturated carbocycles. The Kier molecular flexibility index (Phi) is 14.3. The fourth-order valence-corrected chi connectivity index (χ4v) is 3.69. The van der Waals surface area contributed by atoms with E-state index in [1.165, 1.54) is 81.2 Å². The summed E-state index contributed by atoms with van der Waals surface area (Å²) in [5.41, 5.74) is 0.928. The average Bonchev–Trinajstić information content (AvgIpc) is 2.61. The summed E-state index contributed by atoms with van der Waals surface area (Å²) in [6.07, 6.45) is 9.60. The summed E-state index contributed by atoms with van der Waals surface area (Å²) >= 11 is 3.56. The summed E-state index contributed by atoms with van der Waals surface area (Å²) < 4.78 is 32.5. The van der Waals surface area contributed by atoms with Crippen LogP contribution >= 0.6 is 15.9 Å². The number of hydrogen-bond donors (Lipinski definition) is 0. The first-order valence-electron chi connectivity index (χ1n) is 10.1. The van der Waals surface area contributed by atoms with Gasteiger partial charge in [-0.25, -0.2) is 8.42 Å². The standard InChI is InChI=1S/C14H31BrN.C7H8O3S/c1-4-6-8-12-16(3,14-10-11-15)13-9-7-5-2;1-6-2-4-7(5-3-6)11(8,9)10/h4-14H2,1-3H3;2-5H,1H3,(H,8,9,10)/q+1;/p-1. The molecule has 158 valence electrons. The second-order valence-corrected chi connectivity index (χ2v) is 9.69. The number of hydrogen-bond acceptors (Lipinski definition) is 3. The summed E-state index contributed by atoms with van der Waals surface area (Å²) in [7, 11) is -1.82. The first kappa shape index (κ1) is 26.6. The van der Waals surface area contributed by atoms with Crippen LogP contribution in [0.1, 0.15) is 64.4 Å². The van der Waals surface area contributed by atoms with Crippen LogP contribution in [0.4, 0.5) is 0 Å². The lowest BCUT2D eigenvalue weighted by Crippen LogP contribution is -2.46. The molecule has 0 unspecified atom stereocenters. The number of alkyl halides is 1. The maximum absolute atomic E-state index is 10.4. The van der Waals surface area contributed by atoms with Gasteiger partial charge in [0, 0.05) is 11.8 Å². The summed E-state index contributed by atoms with van der Waals surface area (Å²) in [6.45, 7) is 10.5. The van der Waals surface area contributed by atoms with Gasteiger partial charge in [0.05, 0.1) is 31.6 Å². The number of unbranched alkanes of at least 4 members (excludes halogenated alkanes) is 4. The van der Waals surface area contributed by atoms with Gasteiger partial charge in [0.2, 0.25) is 0 Å². The summed E-state index contributed by atoms with van der Waals surface area (Å²) in [5.74, 6) is 0. The van der Waals surface area contributed by atoms with Gasteiger partial charge in [-0.2, -0.15) is 0 Å². The number of quaternary nitrogens is 1. The zero-order chi connectivity index (χ0) is 20.8. The number of aryl methyl sites for hydroxylation is 1. The lowest BCUT2D eigenvalue weighted by Gasteiger charge is -2.35. The van der Waals surface area contributed by atoms with E-state index in [9.17, 15) is 13.0 Å². The molecule has 0 heterocycles. The summed E-state index contributed by atoms with van der Waals surface area (Å²) in [6, 6.07) is 5.78. The van der Waals surface area contributed by atoms with Crippen molar-refractivity contribution < 1.29 is 17.5 Å². The topological polar surface area (TPSA) is 57.2 Å². The van der Waals surface area contributed by atoms with Crippen molar-refractivity contribution in [3.05, 3.63) is 29.8 Å². The minimum absolute atomic E-state index is 0.178. The van der Waals surface area contributed by atoms with Crippen LogP contribution in [-0.2, 0) is 10.1 Å². The van der Waals surface area contributed by atoms with Crippen molar-refractivity contribution in [3.63, 3.8) is 0 Å². The van der Waals surface area contributed by atoms with Gasteiger partial charge in [0.25, 0.3) is 0 Å². The van der Waals surface area contributed by atoms with Crippen LogP contribution < -0.4 is 0 Å². The highest BCUT2D eigenvalue weighted by atomic mass is 79.9. The molecule has 0 saturated heterocycles. The van der Waals surface area contributed by atoms with E-state index >= 15 is 0 Å². The molecule has 6 heteroatoms. The first-order chi connectivity index (χ1) is 12.7. The van der Waals surface area contributed by atoms with Crippen LogP contribution in [0.2, 0.25) is 0 Å². The maximum atomic E-state index is 10.4. The van der Waals surface area contributed by atoms with E-state index in [1.54, 1.807) is 12.1 Å². The Morgan fingerprint density at radius 3 is 1.70 bits per heavy atom. The summed E-state index contributed by atoms with van der Waals surface area (Å²) in [5, 5.41) is 1.16. The Hall–Kier alpha value is -0.430. The zero-order valence-corrected chi connectivity index (χ0v) is 19.9. The predicted molar refractivity (Wildman–Crippen MR) is 117 cm³/mol. The Balaban J connectivity index is 0.000000533. The van der Waals surface area contributed by atoms with Crippen LogP contribution in [0.5, 0.6) is 0 Å². The van der Waals surface area contributed by atoms with Gasteiger partial charge < -0.3 is 9.04 Å². The molecular formula is C21H38BrNO3S. The van der Waals surface area contributed by atoms with E-state index in [1.807, 2.05) is 6.92 Å². The van der Waals surface area contributed by atoms with Crippen LogP contribution in [0.15, 0.2) is 29.2 Å². The molecule has 0 amide bonds. The highest BCUT2D eigenvalue weighted by Crippen LogP contribution is 2.12. The number of nitrogens with zero attached hydrogens (tertiary/aromatic N) is 1. The minimum atomic E-state index is -4.27. The lowest BCUT2D eigenvalue weighted by atomic mass is 10.1. The first-order valence-corrected chi connectivity index (χ1v) is 12.6. The third-order valence-electron chi connectivity index (χ3n) is 4.74. The van der Waals surface area contributed by atoms with Gasteiger partial charge in [0.1, 0.15) is 10.1 Å². The Labute approximate surface area is 175 Å². The quantitative estimate of drug-likeness (QED) is 0.178. The molecule has 0 fully saturated rings. The fraction of sp³-hybridized carbons (Fsp3) is 0.714. The molecule has 0 aromatic heterocycles. The molecule has 0 N–H and O–H groups in total. The fourth-order valence-electron chi connectivity index (χ4n) is 2.97. The van der Waals surface area contributed by atoms with Crippen LogP contribution in [0.3, 0.4) is 0 Å². The number of benzene rings is 1. The SMILES string of the molecule is CCCCC[N+](C)(CCCBr)CCCCC.Cc1ccc(S(=O)(=O)[O-])cc1. The molecule has 0 atom stereocenters. The summed E-state index contributed by atoms with van der Waals surface area (Å²) in [4.78, 5) is -0.178. The molecule has 1 aromatic carbocycles. The second kappa shape index (κ2) is 14.6. The van der Waals surface area contributed by atoms with Crippen LogP contribution in [0.25, 0.3) is 0 Å². The van der Waals surface area contributed by atoms with Crippen LogP contribution in [0, 0.1) is 6.92 Å². The largest absolute Gasteiger partial charge is 0.744 e. The van der Waals surface area contributed by atoms with Crippen molar-refractivity contribution in [1.82, 2.24) is 0 Å². The Bertz CT molecular complexity index is 578. The van der Waals surface area contributed by atoms with Gasteiger partial charge in [-0.05, 0) is 44.7 Å². The highest BCUT2D eigenvalue weighted by molar-refractivity contribution is 9.09. The third-order valence-corrected chi connectivity index (χ3v) is 6.15. The van der Waals surface area contributed by atoms with E-state index in [0.29, 0.717) is 0 Å². The van der Waals surface area contributed by atoms with E-state index in [-0.39, 0.29) is 4.90 Å². The van der Waals surface area contributed by atoms with E-state index < -0.39 is 10.1 Å². The molecule has 1 aromatic rings. The third kappa shape index (κ3) is 13.4. The van der Waals surface area contributed by atoms with Gasteiger partial charge in [-0.3, -0.25) is 0 Å². The van der Waals surface area contributed by atoms with Gasteiger partial charge in [-0.1, -0.05) is 60.3 Å². The van der Waals surface area contributed by atoms with Crippen molar-refractivity contribution in [2.75, 3.05) is 32.0 Å². The lowest BCUT2D eigenvalue weighted by molar-refractivity contribution is -0.910. The van der Waals surface area contributed by atoms with Crippen molar-refractivity contribution in [3.8, 4) is 0 Å². The molecule has 0 aliphatic heterocycles. The van der Waals surface area contributed by atoms with Crippen molar-refractivity contribution in [1.29, 1.82) is 0 Å². The van der Waals surface area contributed by atoms with Gasteiger partial charge >= 0.3 is 0 Å². The average molecular weight is 465 g/mol. The molecule has 4 nitrogen and oxygen atoms in total.